The van der Waals surface area contributed by atoms with Crippen LogP contribution in [0.15, 0.2) is 36.4 Å². The molecule has 0 saturated carbocycles. The Morgan fingerprint density at radius 3 is 0.984 bits per heavy atom. The molecule has 0 saturated heterocycles. The molecule has 2 heterocycles. The third-order valence-electron chi connectivity index (χ3n) is 16.1. The first-order valence-electron chi connectivity index (χ1n) is 21.8. The normalized spacial score (nSPS) is 13.4. The van der Waals surface area contributed by atoms with Gasteiger partial charge in [-0.05, 0) is 264 Å². The molecule has 6 aromatic carbocycles. The molecule has 61 heavy (non-hydrogen) atoms. The molecule has 0 aliphatic carbocycles. The van der Waals surface area contributed by atoms with E-state index in [0.717, 1.165) is 41.2 Å². The Labute approximate surface area is 362 Å². The van der Waals surface area contributed by atoms with Crippen LogP contribution < -0.4 is 9.80 Å². The molecule has 0 fully saturated rings. The van der Waals surface area contributed by atoms with Gasteiger partial charge in [0.2, 0.25) is 0 Å². The molecule has 0 N–H and O–H groups in total. The predicted octanol–water partition coefficient (Wildman–Crippen LogP) is 16.4. The van der Waals surface area contributed by atoms with Crippen molar-refractivity contribution in [3.05, 3.63) is 159 Å². The molecule has 6 aromatic rings. The number of benzene rings is 6. The number of halogens is 3. The maximum absolute atomic E-state index is 15.1. The van der Waals surface area contributed by atoms with Gasteiger partial charge in [0.15, 0.2) is 0 Å². The van der Waals surface area contributed by atoms with Crippen LogP contribution in [-0.2, 0) is 19.0 Å². The van der Waals surface area contributed by atoms with Crippen molar-refractivity contribution >= 4 is 34.1 Å². The summed E-state index contributed by atoms with van der Waals surface area (Å²) in [7, 11) is 0. The SMILES string of the molecule is Cc1cc(N2c3c(C)c(C)c(C)c(C)c3Cc3c(C)c(C)c(C)c(C)c32)c(N2c3c(C)c(C)c(C)c(C)c3Cc3c(C)c(C)c(C)c(C)c32)cc1-c1ccccc1C(F)(F)F. The van der Waals surface area contributed by atoms with Gasteiger partial charge in [-0.3, -0.25) is 0 Å². The highest BCUT2D eigenvalue weighted by Crippen LogP contribution is 2.59. The molecule has 316 valence electrons. The van der Waals surface area contributed by atoms with Crippen molar-refractivity contribution in [2.75, 3.05) is 9.80 Å². The summed E-state index contributed by atoms with van der Waals surface area (Å²) >= 11 is 0. The van der Waals surface area contributed by atoms with Crippen molar-refractivity contribution in [2.24, 2.45) is 0 Å². The minimum absolute atomic E-state index is 0.190. The van der Waals surface area contributed by atoms with Gasteiger partial charge in [-0.15, -0.1) is 0 Å². The zero-order chi connectivity index (χ0) is 44.6. The lowest BCUT2D eigenvalue weighted by Gasteiger charge is -2.44. The van der Waals surface area contributed by atoms with Crippen LogP contribution >= 0.6 is 0 Å². The quantitative estimate of drug-likeness (QED) is 0.175. The molecule has 0 unspecified atom stereocenters. The van der Waals surface area contributed by atoms with Gasteiger partial charge in [0, 0.05) is 12.8 Å². The smallest absolute Gasteiger partial charge is 0.307 e. The summed E-state index contributed by atoms with van der Waals surface area (Å²) in [5.74, 6) is 0. The van der Waals surface area contributed by atoms with Crippen LogP contribution in [-0.4, -0.2) is 0 Å². The maximum Gasteiger partial charge on any atom is 0.417 e. The number of rotatable bonds is 3. The van der Waals surface area contributed by atoms with Gasteiger partial charge in [-0.1, -0.05) is 18.2 Å². The maximum atomic E-state index is 15.1. The summed E-state index contributed by atoms with van der Waals surface area (Å²) in [5.41, 5.74) is 32.7. The van der Waals surface area contributed by atoms with E-state index in [4.69, 9.17) is 0 Å². The first-order chi connectivity index (χ1) is 28.5. The van der Waals surface area contributed by atoms with E-state index < -0.39 is 11.7 Å². The van der Waals surface area contributed by atoms with E-state index in [0.29, 0.717) is 5.56 Å². The van der Waals surface area contributed by atoms with E-state index in [1.54, 1.807) is 12.1 Å². The van der Waals surface area contributed by atoms with E-state index in [2.05, 4.69) is 133 Å². The standard InChI is InChI=1S/C56H61F3N2/c1-26-22-50(60-52-39(14)31(6)27(2)35(10)45(52)23-46-36(11)28(3)32(7)40(15)53(46)60)51(25-44(26)43-20-18-19-21-49(43)56(57,58)59)61-54-41(16)33(8)29(4)37(12)47(54)24-48-38(13)30(5)34(9)42(17)55(48)61/h18-22,25H,23-24H2,1-17H3. The summed E-state index contributed by atoms with van der Waals surface area (Å²) in [6.45, 7) is 37.9. The van der Waals surface area contributed by atoms with Crippen molar-refractivity contribution in [2.45, 2.75) is 137 Å². The summed E-state index contributed by atoms with van der Waals surface area (Å²) in [6, 6.07) is 10.4. The van der Waals surface area contributed by atoms with Crippen molar-refractivity contribution in [3.63, 3.8) is 0 Å². The lowest BCUT2D eigenvalue weighted by atomic mass is 9.79. The number of fused-ring (bicyclic) bond motifs is 4. The second kappa shape index (κ2) is 14.4. The fourth-order valence-corrected chi connectivity index (χ4v) is 10.9. The summed E-state index contributed by atoms with van der Waals surface area (Å²) in [6.07, 6.45) is -2.93. The Hall–Kier alpha value is -5.29. The van der Waals surface area contributed by atoms with E-state index in [-0.39, 0.29) is 5.56 Å². The van der Waals surface area contributed by atoms with Crippen LogP contribution in [0.3, 0.4) is 0 Å². The fraction of sp³-hybridized carbons (Fsp3) is 0.357. The molecule has 0 aromatic heterocycles. The minimum Gasteiger partial charge on any atom is -0.307 e. The number of hydrogen-bond donors (Lipinski definition) is 0. The lowest BCUT2D eigenvalue weighted by Crippen LogP contribution is -2.28. The molecule has 2 aliphatic heterocycles. The zero-order valence-electron chi connectivity index (χ0n) is 39.4. The van der Waals surface area contributed by atoms with Crippen molar-refractivity contribution in [1.29, 1.82) is 0 Å². The van der Waals surface area contributed by atoms with E-state index in [1.165, 1.54) is 135 Å². The number of alkyl halides is 3. The van der Waals surface area contributed by atoms with Crippen LogP contribution in [0.1, 0.15) is 122 Å². The van der Waals surface area contributed by atoms with E-state index in [9.17, 15) is 0 Å². The van der Waals surface area contributed by atoms with Gasteiger partial charge >= 0.3 is 6.18 Å². The lowest BCUT2D eigenvalue weighted by molar-refractivity contribution is -0.137. The largest absolute Gasteiger partial charge is 0.417 e. The third-order valence-corrected chi connectivity index (χ3v) is 16.1. The monoisotopic (exact) mass is 818 g/mol. The van der Waals surface area contributed by atoms with Crippen LogP contribution in [0.25, 0.3) is 11.1 Å². The molecule has 2 aliphatic rings. The van der Waals surface area contributed by atoms with Crippen LogP contribution in [0, 0.1) is 118 Å². The van der Waals surface area contributed by atoms with Gasteiger partial charge in [-0.2, -0.15) is 13.2 Å². The van der Waals surface area contributed by atoms with Crippen LogP contribution in [0.2, 0.25) is 0 Å². The van der Waals surface area contributed by atoms with Gasteiger partial charge in [0.05, 0.1) is 39.7 Å². The van der Waals surface area contributed by atoms with Gasteiger partial charge in [0.1, 0.15) is 0 Å². The fourth-order valence-electron chi connectivity index (χ4n) is 10.9. The molecular formula is C56H61F3N2. The highest BCUT2D eigenvalue weighted by molar-refractivity contribution is 6.01. The Balaban J connectivity index is 1.64. The molecule has 0 spiro atoms. The molecular weight excluding hydrogens is 758 g/mol. The molecule has 8 rings (SSSR count). The second-order valence-electron chi connectivity index (χ2n) is 18.5. The Kier molecular flexibility index (Phi) is 10.0. The molecule has 2 nitrogen and oxygen atoms in total. The topological polar surface area (TPSA) is 6.48 Å². The average Bonchev–Trinajstić information content (AvgIpc) is 3.23. The summed E-state index contributed by atoms with van der Waals surface area (Å²) in [5, 5.41) is 0. The molecule has 5 heteroatoms. The molecule has 0 radical (unpaired) electrons. The first-order valence-corrected chi connectivity index (χ1v) is 21.8. The highest BCUT2D eigenvalue weighted by Gasteiger charge is 2.40. The average molecular weight is 819 g/mol. The number of nitrogens with zero attached hydrogens (tertiary/aromatic N) is 2. The molecule has 0 atom stereocenters. The minimum atomic E-state index is -4.53. The van der Waals surface area contributed by atoms with Crippen molar-refractivity contribution < 1.29 is 13.2 Å². The second-order valence-corrected chi connectivity index (χ2v) is 18.5. The van der Waals surface area contributed by atoms with Crippen LogP contribution in [0.5, 0.6) is 0 Å². The van der Waals surface area contributed by atoms with Gasteiger partial charge in [0.25, 0.3) is 0 Å². The summed E-state index contributed by atoms with van der Waals surface area (Å²) in [4.78, 5) is 5.01. The molecule has 0 bridgehead atoms. The summed E-state index contributed by atoms with van der Waals surface area (Å²) < 4.78 is 45.2. The first kappa shape index (κ1) is 42.4. The Morgan fingerprint density at radius 2 is 0.656 bits per heavy atom. The van der Waals surface area contributed by atoms with E-state index in [1.807, 2.05) is 6.92 Å². The Morgan fingerprint density at radius 1 is 0.361 bits per heavy atom. The Bertz CT molecular complexity index is 2780. The van der Waals surface area contributed by atoms with Crippen molar-refractivity contribution in [1.82, 2.24) is 0 Å². The van der Waals surface area contributed by atoms with Gasteiger partial charge in [-0.25, -0.2) is 0 Å². The number of anilines is 6. The van der Waals surface area contributed by atoms with Crippen LogP contribution in [0.4, 0.5) is 47.3 Å². The number of aryl methyl sites for hydroxylation is 1. The molecule has 0 amide bonds. The van der Waals surface area contributed by atoms with Gasteiger partial charge < -0.3 is 9.80 Å². The number of hydrogen-bond acceptors (Lipinski definition) is 2. The zero-order valence-corrected chi connectivity index (χ0v) is 39.4. The van der Waals surface area contributed by atoms with Crippen molar-refractivity contribution in [3.8, 4) is 11.1 Å². The highest BCUT2D eigenvalue weighted by atomic mass is 19.4. The predicted molar refractivity (Wildman–Crippen MR) is 252 cm³/mol. The van der Waals surface area contributed by atoms with E-state index >= 15 is 13.2 Å². The third kappa shape index (κ3) is 5.96.